The van der Waals surface area contributed by atoms with Gasteiger partial charge < -0.3 is 4.57 Å². The molecule has 0 aliphatic heterocycles. The first-order valence-electron chi connectivity index (χ1n) is 2.96. The third kappa shape index (κ3) is 1.13. The van der Waals surface area contributed by atoms with E-state index in [9.17, 15) is 0 Å². The Morgan fingerprint density at radius 1 is 1.80 bits per heavy atom. The quantitative estimate of drug-likeness (QED) is 0.552. The first kappa shape index (κ1) is 6.74. The molecule has 0 aliphatic rings. The number of hydrogen-bond donors (Lipinski definition) is 0. The van der Waals surface area contributed by atoms with E-state index in [1.54, 1.807) is 36.4 Å². The molecule has 0 spiro atoms. The van der Waals surface area contributed by atoms with Gasteiger partial charge in [-0.15, -0.1) is 0 Å². The smallest absolute Gasteiger partial charge is 0.150 e. The fraction of sp³-hybridized carbons (Fsp3) is 0.143. The van der Waals surface area contributed by atoms with Crippen LogP contribution >= 0.6 is 0 Å². The van der Waals surface area contributed by atoms with Gasteiger partial charge >= 0.3 is 0 Å². The van der Waals surface area contributed by atoms with Crippen LogP contribution in [0, 0.1) is 0 Å². The molecule has 10 heavy (non-hydrogen) atoms. The number of nitrogens with zero attached hydrogens (tertiary/aromatic N) is 3. The predicted molar refractivity (Wildman–Crippen MR) is 40.1 cm³/mol. The maximum Gasteiger partial charge on any atom is 0.150 e. The average Bonchev–Trinajstić information content (AvgIpc) is 2.04. The molecule has 1 heterocycles. The van der Waals surface area contributed by atoms with Crippen molar-refractivity contribution in [3.8, 4) is 0 Å². The molecule has 0 amide bonds. The summed E-state index contributed by atoms with van der Waals surface area (Å²) in [5, 5.41) is 0. The highest BCUT2D eigenvalue weighted by Crippen LogP contribution is 1.75. The summed E-state index contributed by atoms with van der Waals surface area (Å²) >= 11 is 0. The van der Waals surface area contributed by atoms with E-state index in [0.29, 0.717) is 0 Å². The van der Waals surface area contributed by atoms with Gasteiger partial charge in [0.2, 0.25) is 0 Å². The van der Waals surface area contributed by atoms with Crippen LogP contribution in [-0.4, -0.2) is 16.6 Å². The topological polar surface area (TPSA) is 30.2 Å². The summed E-state index contributed by atoms with van der Waals surface area (Å²) < 4.78 is 1.80. The van der Waals surface area contributed by atoms with Crippen molar-refractivity contribution >= 4 is 6.20 Å². The van der Waals surface area contributed by atoms with Gasteiger partial charge in [-0.1, -0.05) is 6.58 Å². The van der Waals surface area contributed by atoms with Gasteiger partial charge in [0.15, 0.2) is 0 Å². The van der Waals surface area contributed by atoms with E-state index in [2.05, 4.69) is 16.6 Å². The zero-order valence-corrected chi connectivity index (χ0v) is 5.86. The van der Waals surface area contributed by atoms with Crippen molar-refractivity contribution in [1.29, 1.82) is 0 Å². The second-order valence-electron chi connectivity index (χ2n) is 1.75. The molecule has 0 N–H and O–H groups in total. The van der Waals surface area contributed by atoms with Gasteiger partial charge in [0.25, 0.3) is 0 Å². The number of hydrogen-bond acceptors (Lipinski definition) is 2. The SMILES string of the molecule is C=Cn1ccnc/c1=N/C. The molecule has 0 atom stereocenters. The third-order valence-electron chi connectivity index (χ3n) is 1.19. The van der Waals surface area contributed by atoms with Gasteiger partial charge in [-0.2, -0.15) is 0 Å². The lowest BCUT2D eigenvalue weighted by Gasteiger charge is -1.95. The first-order valence-corrected chi connectivity index (χ1v) is 2.96. The second kappa shape index (κ2) is 2.96. The molecule has 3 heteroatoms. The lowest BCUT2D eigenvalue weighted by molar-refractivity contribution is 0.955. The summed E-state index contributed by atoms with van der Waals surface area (Å²) in [6.07, 6.45) is 6.86. The van der Waals surface area contributed by atoms with Gasteiger partial charge in [0, 0.05) is 25.6 Å². The monoisotopic (exact) mass is 135 g/mol. The Morgan fingerprint density at radius 2 is 2.60 bits per heavy atom. The highest BCUT2D eigenvalue weighted by molar-refractivity contribution is 5.14. The molecule has 0 aromatic carbocycles. The molecule has 1 aromatic heterocycles. The van der Waals surface area contributed by atoms with Crippen LogP contribution in [-0.2, 0) is 0 Å². The van der Waals surface area contributed by atoms with Crippen LogP contribution in [0.3, 0.4) is 0 Å². The minimum Gasteiger partial charge on any atom is -0.307 e. The van der Waals surface area contributed by atoms with Crippen LogP contribution in [0.2, 0.25) is 0 Å². The standard InChI is InChI=1S/C7H9N3/c1-3-10-5-4-9-6-7(10)8-2/h3-6H,1H2,2H3/b8-7-. The summed E-state index contributed by atoms with van der Waals surface area (Å²) in [5.74, 6) is 0. The molecule has 0 unspecified atom stereocenters. The average molecular weight is 135 g/mol. The Bertz CT molecular complexity index is 285. The summed E-state index contributed by atoms with van der Waals surface area (Å²) in [5.41, 5.74) is 0.803. The molecule has 0 saturated carbocycles. The minimum atomic E-state index is 0.803. The van der Waals surface area contributed by atoms with Gasteiger partial charge in [0.1, 0.15) is 5.49 Å². The summed E-state index contributed by atoms with van der Waals surface area (Å²) in [6.45, 7) is 3.61. The Hall–Kier alpha value is -1.38. The molecule has 0 fully saturated rings. The van der Waals surface area contributed by atoms with Gasteiger partial charge in [-0.3, -0.25) is 9.98 Å². The molecule has 1 rings (SSSR count). The molecule has 0 aliphatic carbocycles. The summed E-state index contributed by atoms with van der Waals surface area (Å²) in [4.78, 5) is 7.87. The lowest BCUT2D eigenvalue weighted by atomic mass is 10.6. The molecular formula is C7H9N3. The van der Waals surface area contributed by atoms with Crippen LogP contribution in [0.5, 0.6) is 0 Å². The third-order valence-corrected chi connectivity index (χ3v) is 1.19. The van der Waals surface area contributed by atoms with Crippen molar-refractivity contribution in [2.24, 2.45) is 4.99 Å². The molecule has 1 aromatic rings. The van der Waals surface area contributed by atoms with Crippen LogP contribution in [0.15, 0.2) is 30.2 Å². The van der Waals surface area contributed by atoms with E-state index in [1.165, 1.54) is 0 Å². The zero-order chi connectivity index (χ0) is 7.40. The Labute approximate surface area is 59.4 Å². The Morgan fingerprint density at radius 3 is 3.10 bits per heavy atom. The molecule has 3 nitrogen and oxygen atoms in total. The van der Waals surface area contributed by atoms with E-state index in [1.807, 2.05) is 0 Å². The van der Waals surface area contributed by atoms with Crippen LogP contribution in [0.1, 0.15) is 0 Å². The largest absolute Gasteiger partial charge is 0.307 e. The fourth-order valence-electron chi connectivity index (χ4n) is 0.691. The van der Waals surface area contributed by atoms with E-state index in [-0.39, 0.29) is 0 Å². The normalized spacial score (nSPS) is 11.5. The molecular weight excluding hydrogens is 126 g/mol. The Balaban J connectivity index is 3.36. The minimum absolute atomic E-state index is 0.803. The van der Waals surface area contributed by atoms with E-state index >= 15 is 0 Å². The van der Waals surface area contributed by atoms with Gasteiger partial charge in [-0.05, 0) is 0 Å². The lowest BCUT2D eigenvalue weighted by Crippen LogP contribution is -2.15. The highest BCUT2D eigenvalue weighted by Gasteiger charge is 1.81. The van der Waals surface area contributed by atoms with Crippen molar-refractivity contribution in [2.75, 3.05) is 7.05 Å². The predicted octanol–water partition coefficient (Wildman–Crippen LogP) is 0.514. The fourth-order valence-corrected chi connectivity index (χ4v) is 0.691. The zero-order valence-electron chi connectivity index (χ0n) is 5.86. The van der Waals surface area contributed by atoms with Crippen molar-refractivity contribution < 1.29 is 0 Å². The molecule has 0 saturated heterocycles. The van der Waals surface area contributed by atoms with Crippen molar-refractivity contribution in [3.63, 3.8) is 0 Å². The Kier molecular flexibility index (Phi) is 1.99. The molecule has 0 bridgehead atoms. The second-order valence-corrected chi connectivity index (χ2v) is 1.75. The van der Waals surface area contributed by atoms with Crippen molar-refractivity contribution in [3.05, 3.63) is 30.7 Å². The molecule has 0 radical (unpaired) electrons. The molecule has 52 valence electrons. The number of aromatic nitrogens is 2. The summed E-state index contributed by atoms with van der Waals surface area (Å²) in [6, 6.07) is 0. The van der Waals surface area contributed by atoms with Crippen LogP contribution < -0.4 is 5.49 Å². The van der Waals surface area contributed by atoms with E-state index in [4.69, 9.17) is 0 Å². The number of rotatable bonds is 1. The van der Waals surface area contributed by atoms with Crippen LogP contribution in [0.4, 0.5) is 0 Å². The first-order chi connectivity index (χ1) is 4.88. The maximum absolute atomic E-state index is 3.97. The van der Waals surface area contributed by atoms with E-state index in [0.717, 1.165) is 5.49 Å². The van der Waals surface area contributed by atoms with Gasteiger partial charge in [0.05, 0.1) is 6.20 Å². The van der Waals surface area contributed by atoms with Crippen molar-refractivity contribution in [1.82, 2.24) is 9.55 Å². The maximum atomic E-state index is 3.97. The van der Waals surface area contributed by atoms with E-state index < -0.39 is 0 Å². The van der Waals surface area contributed by atoms with Crippen LogP contribution in [0.25, 0.3) is 6.20 Å². The van der Waals surface area contributed by atoms with Gasteiger partial charge in [-0.25, -0.2) is 0 Å². The van der Waals surface area contributed by atoms with Crippen molar-refractivity contribution in [2.45, 2.75) is 0 Å². The highest BCUT2D eigenvalue weighted by atomic mass is 15.0. The summed E-state index contributed by atoms with van der Waals surface area (Å²) in [7, 11) is 1.72.